The summed E-state index contributed by atoms with van der Waals surface area (Å²) in [6.45, 7) is 5.39. The lowest BCUT2D eigenvalue weighted by atomic mass is 10.0. The van der Waals surface area contributed by atoms with E-state index in [0.717, 1.165) is 38.4 Å². The van der Waals surface area contributed by atoms with Gasteiger partial charge in [0.05, 0.1) is 19.3 Å². The molecular weight excluding hydrogens is 324 g/mol. The molecule has 0 spiro atoms. The zero-order valence-corrected chi connectivity index (χ0v) is 15.3. The van der Waals surface area contributed by atoms with Crippen molar-refractivity contribution in [3.05, 3.63) is 64.7 Å². The fourth-order valence-electron chi connectivity index (χ4n) is 3.87. The number of benzene rings is 2. The van der Waals surface area contributed by atoms with Gasteiger partial charge in [-0.25, -0.2) is 0 Å². The molecule has 4 heteroatoms. The van der Waals surface area contributed by atoms with Crippen molar-refractivity contribution in [1.29, 1.82) is 0 Å². The molecule has 2 aromatic carbocycles. The maximum atomic E-state index is 12.6. The second-order valence-electron chi connectivity index (χ2n) is 7.22. The zero-order valence-electron chi connectivity index (χ0n) is 15.3. The summed E-state index contributed by atoms with van der Waals surface area (Å²) in [7, 11) is 0. The van der Waals surface area contributed by atoms with Crippen LogP contribution in [0, 0.1) is 0 Å². The lowest BCUT2D eigenvalue weighted by Gasteiger charge is -2.28. The number of nitrogens with zero attached hydrogens (tertiary/aromatic N) is 1. The molecule has 1 heterocycles. The van der Waals surface area contributed by atoms with Gasteiger partial charge in [-0.15, -0.1) is 0 Å². The first-order chi connectivity index (χ1) is 12.7. The average molecular weight is 350 g/mol. The molecule has 4 rings (SSSR count). The second kappa shape index (κ2) is 7.50. The number of carbonyl (C=O) groups is 1. The maximum Gasteiger partial charge on any atom is 0.251 e. The van der Waals surface area contributed by atoms with Crippen LogP contribution in [0.15, 0.2) is 42.5 Å². The van der Waals surface area contributed by atoms with E-state index in [2.05, 4.69) is 35.3 Å². The zero-order chi connectivity index (χ0) is 17.9. The fourth-order valence-corrected chi connectivity index (χ4v) is 3.87. The van der Waals surface area contributed by atoms with Crippen molar-refractivity contribution < 1.29 is 9.53 Å². The molecule has 0 unspecified atom stereocenters. The third-order valence-electron chi connectivity index (χ3n) is 5.48. The van der Waals surface area contributed by atoms with Gasteiger partial charge in [0.2, 0.25) is 0 Å². The summed E-state index contributed by atoms with van der Waals surface area (Å²) in [6, 6.07) is 14.5. The molecule has 1 atom stereocenters. The first-order valence-corrected chi connectivity index (χ1v) is 9.56. The first-order valence-electron chi connectivity index (χ1n) is 9.56. The molecule has 1 N–H and O–H groups in total. The van der Waals surface area contributed by atoms with E-state index in [1.54, 1.807) is 0 Å². The van der Waals surface area contributed by atoms with Crippen LogP contribution in [0.1, 0.15) is 46.4 Å². The van der Waals surface area contributed by atoms with E-state index in [-0.39, 0.29) is 11.9 Å². The van der Waals surface area contributed by atoms with Gasteiger partial charge in [0.25, 0.3) is 5.91 Å². The highest BCUT2D eigenvalue weighted by Crippen LogP contribution is 2.25. The van der Waals surface area contributed by atoms with Crippen molar-refractivity contribution in [1.82, 2.24) is 5.32 Å². The van der Waals surface area contributed by atoms with Crippen molar-refractivity contribution >= 4 is 11.6 Å². The van der Waals surface area contributed by atoms with Gasteiger partial charge in [0, 0.05) is 24.3 Å². The second-order valence-corrected chi connectivity index (χ2v) is 7.22. The Bertz CT molecular complexity index is 779. The summed E-state index contributed by atoms with van der Waals surface area (Å²) in [5.41, 5.74) is 5.94. The van der Waals surface area contributed by atoms with Crippen molar-refractivity contribution in [3.63, 3.8) is 0 Å². The van der Waals surface area contributed by atoms with Crippen molar-refractivity contribution in [2.45, 2.75) is 32.2 Å². The number of rotatable bonds is 4. The average Bonchev–Trinajstić information content (AvgIpc) is 3.16. The Morgan fingerprint density at radius 3 is 2.54 bits per heavy atom. The van der Waals surface area contributed by atoms with E-state index >= 15 is 0 Å². The first kappa shape index (κ1) is 17.1. The van der Waals surface area contributed by atoms with Crippen molar-refractivity contribution in [2.24, 2.45) is 0 Å². The van der Waals surface area contributed by atoms with Crippen LogP contribution in [-0.2, 0) is 17.6 Å². The summed E-state index contributed by atoms with van der Waals surface area (Å²) in [5.74, 6) is -0.0217. The van der Waals surface area contributed by atoms with E-state index < -0.39 is 0 Å². The van der Waals surface area contributed by atoms with E-state index in [1.807, 2.05) is 24.3 Å². The van der Waals surface area contributed by atoms with E-state index in [4.69, 9.17) is 4.74 Å². The lowest BCUT2D eigenvalue weighted by molar-refractivity contribution is 0.0940. The maximum absolute atomic E-state index is 12.6. The minimum atomic E-state index is -0.0217. The van der Waals surface area contributed by atoms with Gasteiger partial charge in [-0.3, -0.25) is 4.79 Å². The lowest BCUT2D eigenvalue weighted by Crippen LogP contribution is -2.36. The number of anilines is 1. The van der Waals surface area contributed by atoms with Gasteiger partial charge >= 0.3 is 0 Å². The third-order valence-corrected chi connectivity index (χ3v) is 5.48. The summed E-state index contributed by atoms with van der Waals surface area (Å²) in [5, 5.41) is 3.13. The molecule has 1 fully saturated rings. The number of morpholine rings is 1. The Hall–Kier alpha value is -2.33. The van der Waals surface area contributed by atoms with Crippen molar-refractivity contribution in [3.8, 4) is 0 Å². The largest absolute Gasteiger partial charge is 0.378 e. The quantitative estimate of drug-likeness (QED) is 0.918. The smallest absolute Gasteiger partial charge is 0.251 e. The highest BCUT2D eigenvalue weighted by Gasteiger charge is 2.16. The molecule has 0 bridgehead atoms. The van der Waals surface area contributed by atoms with Gasteiger partial charge in [0.15, 0.2) is 0 Å². The molecule has 1 saturated heterocycles. The highest BCUT2D eigenvalue weighted by atomic mass is 16.5. The highest BCUT2D eigenvalue weighted by molar-refractivity contribution is 5.94. The molecule has 26 heavy (non-hydrogen) atoms. The third kappa shape index (κ3) is 3.61. The van der Waals surface area contributed by atoms with Crippen LogP contribution < -0.4 is 10.2 Å². The van der Waals surface area contributed by atoms with Gasteiger partial charge < -0.3 is 15.0 Å². The van der Waals surface area contributed by atoms with Crippen LogP contribution in [0.3, 0.4) is 0 Å². The number of fused-ring (bicyclic) bond motifs is 1. The predicted molar refractivity (Wildman–Crippen MR) is 104 cm³/mol. The van der Waals surface area contributed by atoms with Gasteiger partial charge in [-0.05, 0) is 67.1 Å². The normalized spacial score (nSPS) is 17.7. The molecule has 136 valence electrons. The minimum absolute atomic E-state index is 0.00678. The molecule has 2 aromatic rings. The molecule has 1 aliphatic heterocycles. The summed E-state index contributed by atoms with van der Waals surface area (Å²) in [4.78, 5) is 14.9. The summed E-state index contributed by atoms with van der Waals surface area (Å²) >= 11 is 0. The van der Waals surface area contributed by atoms with E-state index in [9.17, 15) is 4.79 Å². The molecule has 0 saturated carbocycles. The Kier molecular flexibility index (Phi) is 4.93. The molecule has 1 aliphatic carbocycles. The van der Waals surface area contributed by atoms with Crippen molar-refractivity contribution in [2.75, 3.05) is 31.2 Å². The van der Waals surface area contributed by atoms with Crippen LogP contribution in [0.25, 0.3) is 0 Å². The SMILES string of the molecule is C[C@@H](NC(=O)c1ccc(N2CCOCC2)cc1)c1ccc2c(c1)CCC2. The number of nitrogens with one attached hydrogen (secondary N) is 1. The number of ether oxygens (including phenoxy) is 1. The van der Waals surface area contributed by atoms with Gasteiger partial charge in [-0.1, -0.05) is 18.2 Å². The number of amides is 1. The van der Waals surface area contributed by atoms with E-state index in [1.165, 1.54) is 29.5 Å². The molecule has 4 nitrogen and oxygen atoms in total. The monoisotopic (exact) mass is 350 g/mol. The Morgan fingerprint density at radius 1 is 1.04 bits per heavy atom. The summed E-state index contributed by atoms with van der Waals surface area (Å²) in [6.07, 6.45) is 3.59. The van der Waals surface area contributed by atoms with Crippen LogP contribution in [-0.4, -0.2) is 32.2 Å². The molecule has 2 aliphatic rings. The predicted octanol–water partition coefficient (Wildman–Crippen LogP) is 3.50. The van der Waals surface area contributed by atoms with Crippen LogP contribution in [0.4, 0.5) is 5.69 Å². The molecule has 1 amide bonds. The number of carbonyl (C=O) groups excluding carboxylic acids is 1. The van der Waals surface area contributed by atoms with Crippen LogP contribution in [0.2, 0.25) is 0 Å². The Morgan fingerprint density at radius 2 is 1.77 bits per heavy atom. The number of hydrogen-bond acceptors (Lipinski definition) is 3. The van der Waals surface area contributed by atoms with Crippen LogP contribution in [0.5, 0.6) is 0 Å². The molecule has 0 radical (unpaired) electrons. The minimum Gasteiger partial charge on any atom is -0.378 e. The van der Waals surface area contributed by atoms with Crippen LogP contribution >= 0.6 is 0 Å². The Labute approximate surface area is 155 Å². The Balaban J connectivity index is 1.41. The van der Waals surface area contributed by atoms with E-state index in [0.29, 0.717) is 5.56 Å². The topological polar surface area (TPSA) is 41.6 Å². The number of aryl methyl sites for hydroxylation is 2. The van der Waals surface area contributed by atoms with Gasteiger partial charge in [0.1, 0.15) is 0 Å². The molecular formula is C22H26N2O2. The van der Waals surface area contributed by atoms with Gasteiger partial charge in [-0.2, -0.15) is 0 Å². The standard InChI is InChI=1S/C22H26N2O2/c1-16(19-6-5-17-3-2-4-20(17)15-19)23-22(25)18-7-9-21(10-8-18)24-11-13-26-14-12-24/h5-10,15-16H,2-4,11-14H2,1H3,(H,23,25)/t16-/m1/s1. The number of hydrogen-bond donors (Lipinski definition) is 1. The molecule has 0 aromatic heterocycles. The summed E-state index contributed by atoms with van der Waals surface area (Å²) < 4.78 is 5.39. The fraction of sp³-hybridized carbons (Fsp3) is 0.409.